The Balaban J connectivity index is 2.74. The highest BCUT2D eigenvalue weighted by Gasteiger charge is 2.09. The van der Waals surface area contributed by atoms with Gasteiger partial charge in [-0.3, -0.25) is 4.99 Å². The molecule has 0 fully saturated rings. The summed E-state index contributed by atoms with van der Waals surface area (Å²) in [6, 6.07) is 8.04. The van der Waals surface area contributed by atoms with Gasteiger partial charge in [-0.25, -0.2) is 0 Å². The molecule has 1 aromatic rings. The van der Waals surface area contributed by atoms with E-state index in [9.17, 15) is 0 Å². The van der Waals surface area contributed by atoms with E-state index in [1.165, 1.54) is 12.7 Å². The molecule has 0 amide bonds. The van der Waals surface area contributed by atoms with Gasteiger partial charge in [-0.2, -0.15) is 0 Å². The third kappa shape index (κ3) is 4.50. The summed E-state index contributed by atoms with van der Waals surface area (Å²) in [7, 11) is 3.19. The number of hydrogen-bond acceptors (Lipinski definition) is 5. The number of aryl methyl sites for hydroxylation is 1. The standard InChI is InChI=1S/C15H21N3O2/c1-11-8-6-7-9-14(11)10-20-17-13(3)15(18-19-5)12(2)16-4/h6-9H,10H2,1-5H3/b16-12?,17-13+,18-15+. The minimum atomic E-state index is 0.423. The zero-order valence-electron chi connectivity index (χ0n) is 12.7. The summed E-state index contributed by atoms with van der Waals surface area (Å²) in [5.74, 6) is 0. The Morgan fingerprint density at radius 2 is 1.80 bits per heavy atom. The van der Waals surface area contributed by atoms with Gasteiger partial charge in [0.1, 0.15) is 25.1 Å². The quantitative estimate of drug-likeness (QED) is 0.592. The number of hydrogen-bond donors (Lipinski definition) is 0. The van der Waals surface area contributed by atoms with Crippen molar-refractivity contribution in [3.63, 3.8) is 0 Å². The van der Waals surface area contributed by atoms with Crippen LogP contribution in [0.15, 0.2) is 39.6 Å². The molecule has 0 N–H and O–H groups in total. The molecule has 0 radical (unpaired) electrons. The lowest BCUT2D eigenvalue weighted by atomic mass is 10.1. The minimum Gasteiger partial charge on any atom is -0.399 e. The van der Waals surface area contributed by atoms with Gasteiger partial charge in [-0.15, -0.1) is 0 Å². The Hall–Kier alpha value is -2.17. The van der Waals surface area contributed by atoms with Crippen LogP contribution in [0, 0.1) is 6.92 Å². The smallest absolute Gasteiger partial charge is 0.148 e. The lowest BCUT2D eigenvalue weighted by Gasteiger charge is -2.06. The Labute approximate surface area is 120 Å². The van der Waals surface area contributed by atoms with Crippen LogP contribution in [-0.2, 0) is 16.3 Å². The van der Waals surface area contributed by atoms with E-state index in [1.807, 2.05) is 45.0 Å². The van der Waals surface area contributed by atoms with Crippen LogP contribution in [0.3, 0.4) is 0 Å². The largest absolute Gasteiger partial charge is 0.399 e. The van der Waals surface area contributed by atoms with Gasteiger partial charge < -0.3 is 9.68 Å². The van der Waals surface area contributed by atoms with Gasteiger partial charge >= 0.3 is 0 Å². The van der Waals surface area contributed by atoms with Crippen molar-refractivity contribution in [2.45, 2.75) is 27.4 Å². The summed E-state index contributed by atoms with van der Waals surface area (Å²) in [6.07, 6.45) is 0. The van der Waals surface area contributed by atoms with Gasteiger partial charge in [-0.1, -0.05) is 34.6 Å². The van der Waals surface area contributed by atoms with Gasteiger partial charge in [0.05, 0.1) is 5.71 Å². The predicted octanol–water partition coefficient (Wildman–Crippen LogP) is 2.98. The van der Waals surface area contributed by atoms with Gasteiger partial charge in [0.25, 0.3) is 0 Å². The molecule has 0 saturated heterocycles. The first-order valence-corrected chi connectivity index (χ1v) is 6.36. The molecule has 5 nitrogen and oxygen atoms in total. The highest BCUT2D eigenvalue weighted by molar-refractivity contribution is 6.67. The molecule has 0 aliphatic rings. The monoisotopic (exact) mass is 275 g/mol. The van der Waals surface area contributed by atoms with Crippen molar-refractivity contribution >= 4 is 17.1 Å². The average molecular weight is 275 g/mol. The molecule has 20 heavy (non-hydrogen) atoms. The van der Waals surface area contributed by atoms with E-state index < -0.39 is 0 Å². The molecule has 0 aliphatic heterocycles. The van der Waals surface area contributed by atoms with E-state index in [0.29, 0.717) is 18.0 Å². The predicted molar refractivity (Wildman–Crippen MR) is 82.6 cm³/mol. The Bertz CT molecular complexity index is 534. The summed E-state index contributed by atoms with van der Waals surface area (Å²) >= 11 is 0. The van der Waals surface area contributed by atoms with Crippen molar-refractivity contribution in [1.82, 2.24) is 0 Å². The van der Waals surface area contributed by atoms with E-state index in [-0.39, 0.29) is 0 Å². The van der Waals surface area contributed by atoms with Gasteiger partial charge in [0.15, 0.2) is 0 Å². The number of benzene rings is 1. The highest BCUT2D eigenvalue weighted by atomic mass is 16.6. The van der Waals surface area contributed by atoms with Crippen LogP contribution < -0.4 is 0 Å². The third-order valence-corrected chi connectivity index (χ3v) is 2.89. The SMILES string of the molecule is CN=C(C)C(=N\OC)/C(C)=N/OCc1ccccc1C. The molecule has 0 spiro atoms. The van der Waals surface area contributed by atoms with Crippen molar-refractivity contribution in [3.05, 3.63) is 35.4 Å². The van der Waals surface area contributed by atoms with E-state index in [1.54, 1.807) is 7.05 Å². The molecule has 0 heterocycles. The number of aliphatic imine (C=N–C) groups is 1. The van der Waals surface area contributed by atoms with Crippen LogP contribution >= 0.6 is 0 Å². The van der Waals surface area contributed by atoms with Gasteiger partial charge in [0.2, 0.25) is 0 Å². The van der Waals surface area contributed by atoms with Crippen molar-refractivity contribution < 1.29 is 9.68 Å². The average Bonchev–Trinajstić information content (AvgIpc) is 2.45. The number of rotatable bonds is 6. The maximum Gasteiger partial charge on any atom is 0.148 e. The molecule has 0 saturated carbocycles. The van der Waals surface area contributed by atoms with E-state index >= 15 is 0 Å². The maximum atomic E-state index is 5.38. The Morgan fingerprint density at radius 3 is 2.40 bits per heavy atom. The summed E-state index contributed by atoms with van der Waals surface area (Å²) in [5.41, 5.74) is 4.24. The van der Waals surface area contributed by atoms with E-state index in [4.69, 9.17) is 9.68 Å². The molecule has 0 atom stereocenters. The van der Waals surface area contributed by atoms with Crippen LogP contribution in [0.1, 0.15) is 25.0 Å². The molecule has 108 valence electrons. The molecule has 0 aliphatic carbocycles. The summed E-state index contributed by atoms with van der Waals surface area (Å²) in [5, 5.41) is 7.99. The van der Waals surface area contributed by atoms with Crippen LogP contribution in [0.5, 0.6) is 0 Å². The fourth-order valence-electron chi connectivity index (χ4n) is 1.61. The van der Waals surface area contributed by atoms with E-state index in [0.717, 1.165) is 11.3 Å². The zero-order chi connectivity index (χ0) is 15.0. The Morgan fingerprint density at radius 1 is 1.10 bits per heavy atom. The van der Waals surface area contributed by atoms with Crippen LogP contribution in [0.2, 0.25) is 0 Å². The van der Waals surface area contributed by atoms with Crippen molar-refractivity contribution in [2.24, 2.45) is 15.3 Å². The van der Waals surface area contributed by atoms with Crippen LogP contribution in [-0.4, -0.2) is 31.3 Å². The highest BCUT2D eigenvalue weighted by Crippen LogP contribution is 2.08. The first-order valence-electron chi connectivity index (χ1n) is 6.36. The van der Waals surface area contributed by atoms with E-state index in [2.05, 4.69) is 15.3 Å². The zero-order valence-corrected chi connectivity index (χ0v) is 12.7. The molecule has 0 aromatic heterocycles. The second kappa shape index (κ2) is 8.09. The second-order valence-corrected chi connectivity index (χ2v) is 4.31. The van der Waals surface area contributed by atoms with Gasteiger partial charge in [-0.05, 0) is 31.9 Å². The fraction of sp³-hybridized carbons (Fsp3) is 0.400. The Kier molecular flexibility index (Phi) is 6.43. The molecule has 5 heteroatoms. The second-order valence-electron chi connectivity index (χ2n) is 4.31. The number of nitrogens with zero attached hydrogens (tertiary/aromatic N) is 3. The molecule has 0 bridgehead atoms. The molecule has 1 rings (SSSR count). The fourth-order valence-corrected chi connectivity index (χ4v) is 1.61. The first kappa shape index (κ1) is 15.9. The van der Waals surface area contributed by atoms with Crippen molar-refractivity contribution in [2.75, 3.05) is 14.2 Å². The molecule has 0 unspecified atom stereocenters. The molecule has 1 aromatic carbocycles. The maximum absolute atomic E-state index is 5.38. The van der Waals surface area contributed by atoms with Crippen LogP contribution in [0.25, 0.3) is 0 Å². The summed E-state index contributed by atoms with van der Waals surface area (Å²) in [6.45, 7) is 6.12. The first-order chi connectivity index (χ1) is 9.60. The third-order valence-electron chi connectivity index (χ3n) is 2.89. The van der Waals surface area contributed by atoms with Crippen molar-refractivity contribution in [3.8, 4) is 0 Å². The lowest BCUT2D eigenvalue weighted by Crippen LogP contribution is -2.20. The minimum absolute atomic E-state index is 0.423. The normalized spacial score (nSPS) is 13.3. The lowest BCUT2D eigenvalue weighted by molar-refractivity contribution is 0.130. The topological polar surface area (TPSA) is 55.5 Å². The summed E-state index contributed by atoms with van der Waals surface area (Å²) in [4.78, 5) is 14.3. The molecular formula is C15H21N3O2. The number of oxime groups is 2. The summed E-state index contributed by atoms with van der Waals surface area (Å²) < 4.78 is 0. The van der Waals surface area contributed by atoms with Crippen LogP contribution in [0.4, 0.5) is 0 Å². The van der Waals surface area contributed by atoms with Gasteiger partial charge in [0, 0.05) is 7.05 Å². The molecular weight excluding hydrogens is 254 g/mol. The van der Waals surface area contributed by atoms with Crippen molar-refractivity contribution in [1.29, 1.82) is 0 Å².